The van der Waals surface area contributed by atoms with Crippen molar-refractivity contribution in [2.75, 3.05) is 19.7 Å². The molecule has 0 unspecified atom stereocenters. The Hall–Kier alpha value is -3.42. The number of rotatable bonds is 6. The number of phenols is 1. The van der Waals surface area contributed by atoms with Gasteiger partial charge in [0, 0.05) is 24.6 Å². The molecule has 2 aromatic rings. The first-order chi connectivity index (χ1) is 14.5. The van der Waals surface area contributed by atoms with Gasteiger partial charge in [0.05, 0.1) is 12.8 Å². The van der Waals surface area contributed by atoms with Crippen LogP contribution in [-0.4, -0.2) is 47.7 Å². The topological polar surface area (TPSA) is 91.2 Å². The zero-order valence-electron chi connectivity index (χ0n) is 16.7. The van der Waals surface area contributed by atoms with Crippen LogP contribution in [0.3, 0.4) is 0 Å². The molecule has 0 bridgehead atoms. The van der Waals surface area contributed by atoms with Crippen LogP contribution in [0.25, 0.3) is 0 Å². The lowest BCUT2D eigenvalue weighted by atomic mass is 9.95. The smallest absolute Gasteiger partial charge is 0.253 e. The maximum absolute atomic E-state index is 13.0. The maximum atomic E-state index is 13.0. The van der Waals surface area contributed by atoms with Crippen LogP contribution < -0.4 is 10.2 Å². The second-order valence-corrected chi connectivity index (χ2v) is 6.97. The summed E-state index contributed by atoms with van der Waals surface area (Å²) in [7, 11) is 0. The lowest BCUT2D eigenvalue weighted by Crippen LogP contribution is -2.42. The van der Waals surface area contributed by atoms with Crippen LogP contribution in [0.2, 0.25) is 0 Å². The molecule has 0 aromatic heterocycles. The summed E-state index contributed by atoms with van der Waals surface area (Å²) in [5.74, 6) is -0.596. The standard InChI is InChI=1S/C22H24FN3O4/c1-2-30-20-13-15(3-8-19(20)27)14-24-25-21(28)16-9-11-26(12-10-16)22(29)17-4-6-18(23)7-5-17/h3-8,13-14,16,27H,2,9-12H2,1H3,(H,25,28)/b24-14-. The van der Waals surface area contributed by atoms with Gasteiger partial charge in [0.2, 0.25) is 5.91 Å². The van der Waals surface area contributed by atoms with Gasteiger partial charge in [-0.2, -0.15) is 5.10 Å². The van der Waals surface area contributed by atoms with E-state index in [0.717, 1.165) is 0 Å². The largest absolute Gasteiger partial charge is 0.504 e. The summed E-state index contributed by atoms with van der Waals surface area (Å²) >= 11 is 0. The molecule has 1 heterocycles. The molecule has 1 aliphatic heterocycles. The third-order valence-corrected chi connectivity index (χ3v) is 4.92. The fourth-order valence-corrected chi connectivity index (χ4v) is 3.26. The maximum Gasteiger partial charge on any atom is 0.253 e. The number of nitrogens with one attached hydrogen (secondary N) is 1. The molecule has 1 aliphatic rings. The first-order valence-electron chi connectivity index (χ1n) is 9.81. The van der Waals surface area contributed by atoms with Crippen LogP contribution >= 0.6 is 0 Å². The van der Waals surface area contributed by atoms with Gasteiger partial charge in [-0.3, -0.25) is 9.59 Å². The predicted molar refractivity (Wildman–Crippen MR) is 110 cm³/mol. The van der Waals surface area contributed by atoms with Gasteiger partial charge >= 0.3 is 0 Å². The molecule has 0 atom stereocenters. The molecule has 0 aliphatic carbocycles. The number of hydrogen-bond acceptors (Lipinski definition) is 5. The van der Waals surface area contributed by atoms with Gasteiger partial charge in [0.1, 0.15) is 5.82 Å². The highest BCUT2D eigenvalue weighted by Gasteiger charge is 2.27. The highest BCUT2D eigenvalue weighted by Crippen LogP contribution is 2.26. The lowest BCUT2D eigenvalue weighted by molar-refractivity contribution is -0.126. The summed E-state index contributed by atoms with van der Waals surface area (Å²) < 4.78 is 18.3. The Kier molecular flexibility index (Phi) is 7.00. The fraction of sp³-hybridized carbons (Fsp3) is 0.318. The Morgan fingerprint density at radius 3 is 2.60 bits per heavy atom. The van der Waals surface area contributed by atoms with Gasteiger partial charge in [-0.1, -0.05) is 0 Å². The Morgan fingerprint density at radius 2 is 1.93 bits per heavy atom. The van der Waals surface area contributed by atoms with E-state index in [1.165, 1.54) is 36.5 Å². The predicted octanol–water partition coefficient (Wildman–Crippen LogP) is 2.93. The summed E-state index contributed by atoms with van der Waals surface area (Å²) in [5, 5.41) is 13.7. The average molecular weight is 413 g/mol. The van der Waals surface area contributed by atoms with Crippen molar-refractivity contribution in [2.45, 2.75) is 19.8 Å². The number of nitrogens with zero attached hydrogens (tertiary/aromatic N) is 2. The van der Waals surface area contributed by atoms with Gasteiger partial charge in [-0.05, 0) is 67.8 Å². The van der Waals surface area contributed by atoms with Crippen molar-refractivity contribution in [3.63, 3.8) is 0 Å². The van der Waals surface area contributed by atoms with Crippen molar-refractivity contribution in [1.29, 1.82) is 0 Å². The number of piperidine rings is 1. The Balaban J connectivity index is 1.49. The quantitative estimate of drug-likeness (QED) is 0.563. The number of ether oxygens (including phenoxy) is 1. The van der Waals surface area contributed by atoms with E-state index >= 15 is 0 Å². The van der Waals surface area contributed by atoms with Crippen molar-refractivity contribution in [3.05, 3.63) is 59.4 Å². The van der Waals surface area contributed by atoms with E-state index in [9.17, 15) is 19.1 Å². The first kappa shape index (κ1) is 21.3. The molecule has 0 spiro atoms. The second kappa shape index (κ2) is 9.87. The summed E-state index contributed by atoms with van der Waals surface area (Å²) in [4.78, 5) is 26.5. The van der Waals surface area contributed by atoms with E-state index in [1.807, 2.05) is 6.92 Å². The van der Waals surface area contributed by atoms with Crippen molar-refractivity contribution < 1.29 is 23.8 Å². The normalized spacial score (nSPS) is 14.7. The SMILES string of the molecule is CCOc1cc(/C=N\NC(=O)C2CCN(C(=O)c3ccc(F)cc3)CC2)ccc1O. The van der Waals surface area contributed by atoms with E-state index in [0.29, 0.717) is 49.4 Å². The minimum atomic E-state index is -0.385. The lowest BCUT2D eigenvalue weighted by Gasteiger charge is -2.31. The Morgan fingerprint density at radius 1 is 1.23 bits per heavy atom. The van der Waals surface area contributed by atoms with Gasteiger partial charge in [-0.15, -0.1) is 0 Å². The molecule has 1 fully saturated rings. The molecule has 3 rings (SSSR count). The highest BCUT2D eigenvalue weighted by atomic mass is 19.1. The third kappa shape index (κ3) is 5.34. The molecular weight excluding hydrogens is 389 g/mol. The molecule has 7 nitrogen and oxygen atoms in total. The molecular formula is C22H24FN3O4. The van der Waals surface area contributed by atoms with Gasteiger partial charge in [0.25, 0.3) is 5.91 Å². The molecule has 2 amide bonds. The number of likely N-dealkylation sites (tertiary alicyclic amines) is 1. The van der Waals surface area contributed by atoms with Crippen LogP contribution in [0.15, 0.2) is 47.6 Å². The molecule has 1 saturated heterocycles. The molecule has 0 radical (unpaired) electrons. The number of amides is 2. The van der Waals surface area contributed by atoms with Crippen molar-refractivity contribution in [2.24, 2.45) is 11.0 Å². The van der Waals surface area contributed by atoms with Gasteiger partial charge in [0.15, 0.2) is 11.5 Å². The summed E-state index contributed by atoms with van der Waals surface area (Å²) in [6.07, 6.45) is 2.54. The molecule has 8 heteroatoms. The minimum Gasteiger partial charge on any atom is -0.504 e. The number of carbonyl (C=O) groups excluding carboxylic acids is 2. The second-order valence-electron chi connectivity index (χ2n) is 6.97. The van der Waals surface area contributed by atoms with Crippen LogP contribution in [0.1, 0.15) is 35.7 Å². The first-order valence-corrected chi connectivity index (χ1v) is 9.81. The van der Waals surface area contributed by atoms with Gasteiger partial charge < -0.3 is 14.7 Å². The summed E-state index contributed by atoms with van der Waals surface area (Å²) in [6.45, 7) is 3.15. The van der Waals surface area contributed by atoms with Gasteiger partial charge in [-0.25, -0.2) is 9.82 Å². The zero-order chi connectivity index (χ0) is 21.5. The number of halogens is 1. The zero-order valence-corrected chi connectivity index (χ0v) is 16.7. The molecule has 2 N–H and O–H groups in total. The Bertz CT molecular complexity index is 922. The average Bonchev–Trinajstić information content (AvgIpc) is 2.76. The van der Waals surface area contributed by atoms with Crippen LogP contribution in [0, 0.1) is 11.7 Å². The third-order valence-electron chi connectivity index (χ3n) is 4.92. The van der Waals surface area contributed by atoms with Crippen LogP contribution in [0.5, 0.6) is 11.5 Å². The molecule has 0 saturated carbocycles. The van der Waals surface area contributed by atoms with E-state index in [-0.39, 0.29) is 29.3 Å². The number of benzene rings is 2. The number of phenolic OH excluding ortho intramolecular Hbond substituents is 1. The molecule has 158 valence electrons. The monoisotopic (exact) mass is 413 g/mol. The van der Waals surface area contributed by atoms with E-state index in [2.05, 4.69) is 10.5 Å². The van der Waals surface area contributed by atoms with E-state index in [4.69, 9.17) is 4.74 Å². The summed E-state index contributed by atoms with van der Waals surface area (Å²) in [5.41, 5.74) is 3.64. The van der Waals surface area contributed by atoms with Crippen LogP contribution in [-0.2, 0) is 4.79 Å². The molecule has 2 aromatic carbocycles. The Labute approximate surface area is 174 Å². The molecule has 30 heavy (non-hydrogen) atoms. The number of carbonyl (C=O) groups is 2. The van der Waals surface area contributed by atoms with Crippen molar-refractivity contribution in [3.8, 4) is 11.5 Å². The minimum absolute atomic E-state index is 0.0416. The van der Waals surface area contributed by atoms with E-state index in [1.54, 1.807) is 17.0 Å². The number of aromatic hydroxyl groups is 1. The van der Waals surface area contributed by atoms with Crippen molar-refractivity contribution in [1.82, 2.24) is 10.3 Å². The summed E-state index contributed by atoms with van der Waals surface area (Å²) in [6, 6.07) is 10.2. The fourth-order valence-electron chi connectivity index (χ4n) is 3.26. The number of hydrogen-bond donors (Lipinski definition) is 2. The number of hydrazone groups is 1. The van der Waals surface area contributed by atoms with Crippen LogP contribution in [0.4, 0.5) is 4.39 Å². The van der Waals surface area contributed by atoms with Crippen molar-refractivity contribution >= 4 is 18.0 Å². The highest BCUT2D eigenvalue weighted by molar-refractivity contribution is 5.94. The van der Waals surface area contributed by atoms with E-state index < -0.39 is 0 Å².